The Bertz CT molecular complexity index is 584. The number of carboxylic acid groups (broad SMARTS) is 1. The zero-order valence-corrected chi connectivity index (χ0v) is 11.2. The lowest BCUT2D eigenvalue weighted by molar-refractivity contribution is -0.140. The maximum Gasteiger partial charge on any atom is 0.326 e. The number of aryl methyl sites for hydroxylation is 1. The summed E-state index contributed by atoms with van der Waals surface area (Å²) in [6.45, 7) is 0. The quantitative estimate of drug-likeness (QED) is 0.877. The van der Waals surface area contributed by atoms with Gasteiger partial charge >= 0.3 is 5.97 Å². The third-order valence-corrected chi connectivity index (χ3v) is 3.30. The molecule has 0 saturated heterocycles. The van der Waals surface area contributed by atoms with Crippen LogP contribution in [-0.4, -0.2) is 29.5 Å². The number of halogens is 2. The number of aliphatic carboxylic acids is 1. The van der Waals surface area contributed by atoms with Crippen LogP contribution in [0.3, 0.4) is 0 Å². The van der Waals surface area contributed by atoms with E-state index in [1.165, 1.54) is 0 Å². The highest BCUT2D eigenvalue weighted by atomic mass is 19.3. The zero-order chi connectivity index (χ0) is 15.4. The number of nitrogens with one attached hydrogen (secondary N) is 1. The number of carbonyl (C=O) groups excluding carboxylic acids is 1. The van der Waals surface area contributed by atoms with Gasteiger partial charge in [-0.05, 0) is 36.1 Å². The SMILES string of the molecule is O=C(NC(CC(F)F)C(=O)O)c1ccc2c(c1)CCC=C2. The Morgan fingerprint density at radius 2 is 2.10 bits per heavy atom. The molecule has 2 N–H and O–H groups in total. The van der Waals surface area contributed by atoms with Crippen molar-refractivity contribution in [1.82, 2.24) is 5.32 Å². The first-order valence-corrected chi connectivity index (χ1v) is 6.58. The molecule has 0 spiro atoms. The van der Waals surface area contributed by atoms with Crippen LogP contribution in [0.15, 0.2) is 24.3 Å². The van der Waals surface area contributed by atoms with Gasteiger partial charge in [-0.1, -0.05) is 18.2 Å². The molecule has 0 bridgehead atoms. The van der Waals surface area contributed by atoms with Crippen molar-refractivity contribution < 1.29 is 23.5 Å². The standard InChI is InChI=1S/C15H15F2NO3/c16-13(17)8-12(15(20)21)18-14(19)11-6-5-9-3-1-2-4-10(9)7-11/h1,3,5-7,12-13H,2,4,8H2,(H,18,19)(H,20,21). The summed E-state index contributed by atoms with van der Waals surface area (Å²) in [5.74, 6) is -2.12. The van der Waals surface area contributed by atoms with Crippen molar-refractivity contribution in [3.05, 3.63) is 41.0 Å². The van der Waals surface area contributed by atoms with Gasteiger partial charge in [0.15, 0.2) is 0 Å². The summed E-state index contributed by atoms with van der Waals surface area (Å²) in [7, 11) is 0. The van der Waals surface area contributed by atoms with Gasteiger partial charge in [-0.2, -0.15) is 0 Å². The molecule has 0 radical (unpaired) electrons. The molecule has 0 aromatic heterocycles. The van der Waals surface area contributed by atoms with Crippen LogP contribution in [0.1, 0.15) is 34.3 Å². The van der Waals surface area contributed by atoms with Gasteiger partial charge in [-0.25, -0.2) is 13.6 Å². The first kappa shape index (κ1) is 15.2. The minimum absolute atomic E-state index is 0.282. The Balaban J connectivity index is 2.12. The number of hydrogen-bond donors (Lipinski definition) is 2. The molecule has 1 unspecified atom stereocenters. The molecule has 1 aromatic carbocycles. The van der Waals surface area contributed by atoms with Crippen LogP contribution in [0.4, 0.5) is 8.78 Å². The Morgan fingerprint density at radius 1 is 1.33 bits per heavy atom. The summed E-state index contributed by atoms with van der Waals surface area (Å²) in [4.78, 5) is 22.9. The molecule has 1 aliphatic rings. The van der Waals surface area contributed by atoms with Gasteiger partial charge in [0.25, 0.3) is 5.91 Å². The highest BCUT2D eigenvalue weighted by Crippen LogP contribution is 2.20. The van der Waals surface area contributed by atoms with Crippen LogP contribution in [0.5, 0.6) is 0 Å². The lowest BCUT2D eigenvalue weighted by Gasteiger charge is -2.16. The van der Waals surface area contributed by atoms with Gasteiger partial charge in [-0.3, -0.25) is 4.79 Å². The van der Waals surface area contributed by atoms with Crippen LogP contribution >= 0.6 is 0 Å². The van der Waals surface area contributed by atoms with E-state index in [2.05, 4.69) is 5.32 Å². The number of fused-ring (bicyclic) bond motifs is 1. The number of allylic oxidation sites excluding steroid dienone is 1. The first-order valence-electron chi connectivity index (χ1n) is 6.58. The van der Waals surface area contributed by atoms with Crippen LogP contribution in [0.25, 0.3) is 6.08 Å². The van der Waals surface area contributed by atoms with E-state index < -0.39 is 30.8 Å². The number of amides is 1. The molecule has 6 heteroatoms. The first-order chi connectivity index (χ1) is 9.97. The largest absolute Gasteiger partial charge is 0.480 e. The zero-order valence-electron chi connectivity index (χ0n) is 11.2. The molecular weight excluding hydrogens is 280 g/mol. The van der Waals surface area contributed by atoms with Gasteiger partial charge < -0.3 is 10.4 Å². The topological polar surface area (TPSA) is 66.4 Å². The average Bonchev–Trinajstić information content (AvgIpc) is 2.45. The third kappa shape index (κ3) is 3.87. The van der Waals surface area contributed by atoms with E-state index in [0.717, 1.165) is 24.0 Å². The van der Waals surface area contributed by atoms with Gasteiger partial charge in [-0.15, -0.1) is 0 Å². The molecule has 4 nitrogen and oxygen atoms in total. The van der Waals surface area contributed by atoms with Gasteiger partial charge in [0.1, 0.15) is 6.04 Å². The smallest absolute Gasteiger partial charge is 0.326 e. The lowest BCUT2D eigenvalue weighted by atomic mass is 9.95. The van der Waals surface area contributed by atoms with Crippen molar-refractivity contribution >= 4 is 18.0 Å². The second kappa shape index (κ2) is 6.47. The van der Waals surface area contributed by atoms with E-state index in [4.69, 9.17) is 5.11 Å². The van der Waals surface area contributed by atoms with Crippen molar-refractivity contribution in [2.75, 3.05) is 0 Å². The van der Waals surface area contributed by atoms with E-state index in [0.29, 0.717) is 0 Å². The third-order valence-electron chi connectivity index (χ3n) is 3.30. The van der Waals surface area contributed by atoms with Crippen LogP contribution < -0.4 is 5.32 Å². The van der Waals surface area contributed by atoms with E-state index in [1.807, 2.05) is 12.2 Å². The molecule has 0 heterocycles. The number of carboxylic acids is 1. The summed E-state index contributed by atoms with van der Waals surface area (Å²) >= 11 is 0. The number of alkyl halides is 2. The van der Waals surface area contributed by atoms with Crippen molar-refractivity contribution in [3.63, 3.8) is 0 Å². The Hall–Kier alpha value is -2.24. The molecule has 1 amide bonds. The van der Waals surface area contributed by atoms with E-state index in [-0.39, 0.29) is 5.56 Å². The number of carbonyl (C=O) groups is 2. The highest BCUT2D eigenvalue weighted by molar-refractivity contribution is 5.97. The maximum absolute atomic E-state index is 12.3. The molecule has 2 rings (SSSR count). The molecule has 21 heavy (non-hydrogen) atoms. The number of benzene rings is 1. The van der Waals surface area contributed by atoms with E-state index in [9.17, 15) is 18.4 Å². The van der Waals surface area contributed by atoms with E-state index >= 15 is 0 Å². The second-order valence-corrected chi connectivity index (χ2v) is 4.85. The normalized spacial score (nSPS) is 14.6. The molecule has 112 valence electrons. The predicted molar refractivity (Wildman–Crippen MR) is 73.3 cm³/mol. The van der Waals surface area contributed by atoms with Crippen molar-refractivity contribution in [2.24, 2.45) is 0 Å². The Kier molecular flexibility index (Phi) is 4.67. The monoisotopic (exact) mass is 295 g/mol. The Morgan fingerprint density at radius 3 is 2.76 bits per heavy atom. The van der Waals surface area contributed by atoms with Crippen molar-refractivity contribution in [1.29, 1.82) is 0 Å². The van der Waals surface area contributed by atoms with Crippen LogP contribution in [0.2, 0.25) is 0 Å². The molecule has 0 aliphatic heterocycles. The number of hydrogen-bond acceptors (Lipinski definition) is 2. The van der Waals surface area contributed by atoms with Crippen LogP contribution in [-0.2, 0) is 11.2 Å². The fraction of sp³-hybridized carbons (Fsp3) is 0.333. The minimum atomic E-state index is -2.79. The lowest BCUT2D eigenvalue weighted by Crippen LogP contribution is -2.42. The van der Waals surface area contributed by atoms with Gasteiger partial charge in [0.2, 0.25) is 6.43 Å². The summed E-state index contributed by atoms with van der Waals surface area (Å²) in [5.41, 5.74) is 2.29. The molecule has 1 atom stereocenters. The second-order valence-electron chi connectivity index (χ2n) is 4.85. The van der Waals surface area contributed by atoms with Gasteiger partial charge in [0.05, 0.1) is 0 Å². The highest BCUT2D eigenvalue weighted by Gasteiger charge is 2.24. The van der Waals surface area contributed by atoms with Crippen molar-refractivity contribution in [2.45, 2.75) is 31.7 Å². The summed E-state index contributed by atoms with van der Waals surface area (Å²) in [6.07, 6.45) is 1.96. The molecule has 1 aliphatic carbocycles. The average molecular weight is 295 g/mol. The van der Waals surface area contributed by atoms with E-state index in [1.54, 1.807) is 18.2 Å². The minimum Gasteiger partial charge on any atom is -0.480 e. The molecule has 0 saturated carbocycles. The summed E-state index contributed by atoms with van der Waals surface area (Å²) in [5, 5.41) is 11.0. The number of rotatable bonds is 5. The van der Waals surface area contributed by atoms with Crippen LogP contribution in [0, 0.1) is 0 Å². The maximum atomic E-state index is 12.3. The summed E-state index contributed by atoms with van der Waals surface area (Å²) in [6, 6.07) is 3.41. The molecule has 1 aromatic rings. The fourth-order valence-electron chi connectivity index (χ4n) is 2.22. The van der Waals surface area contributed by atoms with Gasteiger partial charge in [0, 0.05) is 12.0 Å². The molecular formula is C15H15F2NO3. The van der Waals surface area contributed by atoms with Crippen molar-refractivity contribution in [3.8, 4) is 0 Å². The predicted octanol–water partition coefficient (Wildman–Crippen LogP) is 2.48. The Labute approximate surface area is 120 Å². The molecule has 0 fully saturated rings. The fourth-order valence-corrected chi connectivity index (χ4v) is 2.22. The summed E-state index contributed by atoms with van der Waals surface area (Å²) < 4.78 is 24.6.